The first kappa shape index (κ1) is 13.4. The molecule has 6 nitrogen and oxygen atoms in total. The maximum Gasteiger partial charge on any atom is 0.337 e. The molecular formula is C14H14N4O2. The van der Waals surface area contributed by atoms with Crippen LogP contribution in [0.4, 0.5) is 21.0 Å². The number of nitrogens with one attached hydrogen (secondary N) is 4. The minimum absolute atomic E-state index is 0.528. The van der Waals surface area contributed by atoms with E-state index in [0.29, 0.717) is 11.4 Å². The molecule has 0 saturated carbocycles. The standard InChI is InChI=1S/C14H14N4O2/c19-13(15-11-7-3-1-4-8-11)17-18-14(20)16-12-9-5-2-6-10-12/h1-10H,(H2,15,17,19)(H2,16,18,20). The molecule has 0 unspecified atom stereocenters. The van der Waals surface area contributed by atoms with Gasteiger partial charge in [0.2, 0.25) is 0 Å². The van der Waals surface area contributed by atoms with E-state index in [4.69, 9.17) is 0 Å². The molecule has 0 bridgehead atoms. The van der Waals surface area contributed by atoms with Gasteiger partial charge in [-0.05, 0) is 24.3 Å². The normalized spacial score (nSPS) is 9.40. The lowest BCUT2D eigenvalue weighted by atomic mass is 10.3. The maximum atomic E-state index is 11.5. The molecule has 102 valence electrons. The molecule has 0 saturated heterocycles. The molecule has 2 aromatic carbocycles. The Labute approximate surface area is 116 Å². The summed E-state index contributed by atoms with van der Waals surface area (Å²) in [4.78, 5) is 23.0. The van der Waals surface area contributed by atoms with E-state index in [9.17, 15) is 9.59 Å². The van der Waals surface area contributed by atoms with Crippen LogP contribution in [0.5, 0.6) is 0 Å². The lowest BCUT2D eigenvalue weighted by Crippen LogP contribution is -2.45. The summed E-state index contributed by atoms with van der Waals surface area (Å²) in [5, 5.41) is 5.14. The van der Waals surface area contributed by atoms with Crippen molar-refractivity contribution in [1.29, 1.82) is 0 Å². The van der Waals surface area contributed by atoms with Crippen molar-refractivity contribution < 1.29 is 9.59 Å². The van der Waals surface area contributed by atoms with Crippen LogP contribution in [-0.4, -0.2) is 12.1 Å². The molecule has 4 amide bonds. The van der Waals surface area contributed by atoms with Crippen molar-refractivity contribution in [3.63, 3.8) is 0 Å². The van der Waals surface area contributed by atoms with Crippen LogP contribution in [0.3, 0.4) is 0 Å². The smallest absolute Gasteiger partial charge is 0.307 e. The number of para-hydroxylation sites is 2. The number of rotatable bonds is 2. The van der Waals surface area contributed by atoms with Crippen molar-refractivity contribution in [3.8, 4) is 0 Å². The Morgan fingerprint density at radius 3 is 1.30 bits per heavy atom. The third-order valence-electron chi connectivity index (χ3n) is 2.35. The van der Waals surface area contributed by atoms with Crippen LogP contribution in [0, 0.1) is 0 Å². The predicted molar refractivity (Wildman–Crippen MR) is 77.2 cm³/mol. The number of benzene rings is 2. The molecule has 4 N–H and O–H groups in total. The highest BCUT2D eigenvalue weighted by molar-refractivity contribution is 5.93. The third-order valence-corrected chi connectivity index (χ3v) is 2.35. The van der Waals surface area contributed by atoms with Crippen molar-refractivity contribution in [2.24, 2.45) is 0 Å². The average molecular weight is 270 g/mol. The topological polar surface area (TPSA) is 82.3 Å². The number of hydrogen-bond acceptors (Lipinski definition) is 2. The molecular weight excluding hydrogens is 256 g/mol. The first-order valence-corrected chi connectivity index (χ1v) is 5.98. The number of carbonyl (C=O) groups is 2. The number of anilines is 2. The minimum Gasteiger partial charge on any atom is -0.307 e. The van der Waals surface area contributed by atoms with Crippen LogP contribution in [0.2, 0.25) is 0 Å². The number of carbonyl (C=O) groups excluding carboxylic acids is 2. The Kier molecular flexibility index (Phi) is 4.55. The minimum atomic E-state index is -0.528. The Balaban J connectivity index is 1.75. The SMILES string of the molecule is O=C(NNC(=O)Nc1ccccc1)Nc1ccccc1. The van der Waals surface area contributed by atoms with Gasteiger partial charge in [-0.3, -0.25) is 0 Å². The summed E-state index contributed by atoms with van der Waals surface area (Å²) < 4.78 is 0. The lowest BCUT2D eigenvalue weighted by molar-refractivity contribution is 0.237. The van der Waals surface area contributed by atoms with Crippen LogP contribution in [0.25, 0.3) is 0 Å². The van der Waals surface area contributed by atoms with Gasteiger partial charge in [0.15, 0.2) is 0 Å². The number of hydrazine groups is 1. The van der Waals surface area contributed by atoms with Crippen LogP contribution < -0.4 is 21.5 Å². The van der Waals surface area contributed by atoms with Crippen LogP contribution in [0.1, 0.15) is 0 Å². The van der Waals surface area contributed by atoms with E-state index in [-0.39, 0.29) is 0 Å². The first-order valence-electron chi connectivity index (χ1n) is 5.98. The highest BCUT2D eigenvalue weighted by Gasteiger charge is 2.04. The van der Waals surface area contributed by atoms with E-state index >= 15 is 0 Å². The largest absolute Gasteiger partial charge is 0.337 e. The van der Waals surface area contributed by atoms with E-state index in [0.717, 1.165) is 0 Å². The Morgan fingerprint density at radius 2 is 0.950 bits per heavy atom. The van der Waals surface area contributed by atoms with Gasteiger partial charge < -0.3 is 10.6 Å². The molecule has 0 radical (unpaired) electrons. The highest BCUT2D eigenvalue weighted by atomic mass is 16.2. The number of hydrogen-bond donors (Lipinski definition) is 4. The van der Waals surface area contributed by atoms with Gasteiger partial charge in [-0.2, -0.15) is 0 Å². The fourth-order valence-electron chi connectivity index (χ4n) is 1.48. The maximum absolute atomic E-state index is 11.5. The summed E-state index contributed by atoms with van der Waals surface area (Å²) in [6.45, 7) is 0. The van der Waals surface area contributed by atoms with E-state index < -0.39 is 12.1 Å². The van der Waals surface area contributed by atoms with Gasteiger partial charge in [-0.15, -0.1) is 0 Å². The Bertz CT molecular complexity index is 519. The molecule has 2 rings (SSSR count). The first-order chi connectivity index (χ1) is 9.74. The molecule has 0 aromatic heterocycles. The van der Waals surface area contributed by atoms with Gasteiger partial charge in [-0.25, -0.2) is 20.4 Å². The molecule has 6 heteroatoms. The quantitative estimate of drug-likeness (QED) is 0.632. The van der Waals surface area contributed by atoms with Gasteiger partial charge in [0.05, 0.1) is 0 Å². The summed E-state index contributed by atoms with van der Waals surface area (Å²) in [5.41, 5.74) is 5.75. The van der Waals surface area contributed by atoms with Crippen LogP contribution in [0.15, 0.2) is 60.7 Å². The molecule has 0 atom stereocenters. The van der Waals surface area contributed by atoms with E-state index in [1.807, 2.05) is 12.1 Å². The molecule has 0 heterocycles. The fourth-order valence-corrected chi connectivity index (χ4v) is 1.48. The second-order valence-electron chi connectivity index (χ2n) is 3.89. The van der Waals surface area contributed by atoms with Crippen molar-refractivity contribution >= 4 is 23.4 Å². The van der Waals surface area contributed by atoms with Crippen LogP contribution >= 0.6 is 0 Å². The van der Waals surface area contributed by atoms with E-state index in [1.54, 1.807) is 48.5 Å². The molecule has 0 fully saturated rings. The molecule has 20 heavy (non-hydrogen) atoms. The van der Waals surface area contributed by atoms with Crippen molar-refractivity contribution in [2.75, 3.05) is 10.6 Å². The van der Waals surface area contributed by atoms with Gasteiger partial charge >= 0.3 is 12.1 Å². The monoisotopic (exact) mass is 270 g/mol. The summed E-state index contributed by atoms with van der Waals surface area (Å²) in [5.74, 6) is 0. The Hall–Kier alpha value is -3.02. The van der Waals surface area contributed by atoms with Crippen molar-refractivity contribution in [3.05, 3.63) is 60.7 Å². The summed E-state index contributed by atoms with van der Waals surface area (Å²) in [6, 6.07) is 16.8. The van der Waals surface area contributed by atoms with Gasteiger partial charge in [0, 0.05) is 11.4 Å². The Morgan fingerprint density at radius 1 is 0.600 bits per heavy atom. The summed E-state index contributed by atoms with van der Waals surface area (Å²) in [7, 11) is 0. The highest BCUT2D eigenvalue weighted by Crippen LogP contribution is 2.04. The molecule has 0 aliphatic rings. The third kappa shape index (κ3) is 4.34. The van der Waals surface area contributed by atoms with Crippen molar-refractivity contribution in [2.45, 2.75) is 0 Å². The number of amides is 4. The van der Waals surface area contributed by atoms with Gasteiger partial charge in [0.25, 0.3) is 0 Å². The predicted octanol–water partition coefficient (Wildman–Crippen LogP) is 2.54. The molecule has 0 aliphatic heterocycles. The average Bonchev–Trinajstić information content (AvgIpc) is 2.47. The second-order valence-corrected chi connectivity index (χ2v) is 3.89. The van der Waals surface area contributed by atoms with Gasteiger partial charge in [0.1, 0.15) is 0 Å². The lowest BCUT2D eigenvalue weighted by Gasteiger charge is -2.09. The molecule has 0 aliphatic carbocycles. The van der Waals surface area contributed by atoms with Crippen molar-refractivity contribution in [1.82, 2.24) is 10.9 Å². The zero-order valence-corrected chi connectivity index (χ0v) is 10.6. The van der Waals surface area contributed by atoms with E-state index in [2.05, 4.69) is 21.5 Å². The van der Waals surface area contributed by atoms with Crippen LogP contribution in [-0.2, 0) is 0 Å². The zero-order chi connectivity index (χ0) is 14.2. The zero-order valence-electron chi connectivity index (χ0n) is 10.6. The van der Waals surface area contributed by atoms with E-state index in [1.165, 1.54) is 0 Å². The molecule has 2 aromatic rings. The second kappa shape index (κ2) is 6.79. The number of urea groups is 2. The summed E-state index contributed by atoms with van der Waals surface area (Å²) >= 11 is 0. The van der Waals surface area contributed by atoms with Gasteiger partial charge in [-0.1, -0.05) is 36.4 Å². The molecule has 0 spiro atoms. The fraction of sp³-hybridized carbons (Fsp3) is 0. The summed E-state index contributed by atoms with van der Waals surface area (Å²) in [6.07, 6.45) is 0.